The Morgan fingerprint density at radius 2 is 2.00 bits per heavy atom. The summed E-state index contributed by atoms with van der Waals surface area (Å²) >= 11 is 0. The van der Waals surface area contributed by atoms with Crippen molar-refractivity contribution in [1.29, 1.82) is 0 Å². The summed E-state index contributed by atoms with van der Waals surface area (Å²) in [6.07, 6.45) is 1.96. The second-order valence-electron chi connectivity index (χ2n) is 4.37. The number of halogens is 2. The van der Waals surface area contributed by atoms with Crippen LogP contribution in [-0.4, -0.2) is 18.3 Å². The molecule has 0 fully saturated rings. The van der Waals surface area contributed by atoms with Crippen molar-refractivity contribution in [2.75, 3.05) is 13.4 Å². The van der Waals surface area contributed by atoms with Gasteiger partial charge in [0.15, 0.2) is 11.4 Å². The standard InChI is InChI=1S/C15H11F2NO2S2/c1-19-12-4-3-9(22-21-2)7-10(12)15-18-14-11(17)5-8(16)6-13(14)20-15/h3-7H,1-2H3. The highest BCUT2D eigenvalue weighted by molar-refractivity contribution is 8.76. The summed E-state index contributed by atoms with van der Waals surface area (Å²) in [6.45, 7) is 0. The lowest BCUT2D eigenvalue weighted by atomic mass is 10.2. The van der Waals surface area contributed by atoms with Gasteiger partial charge in [0.1, 0.15) is 17.1 Å². The number of nitrogens with zero attached hydrogens (tertiary/aromatic N) is 1. The van der Waals surface area contributed by atoms with Crippen LogP contribution in [0.3, 0.4) is 0 Å². The van der Waals surface area contributed by atoms with Crippen LogP contribution in [-0.2, 0) is 0 Å². The van der Waals surface area contributed by atoms with Crippen LogP contribution in [0.4, 0.5) is 8.78 Å². The largest absolute Gasteiger partial charge is 0.496 e. The Morgan fingerprint density at radius 3 is 2.73 bits per heavy atom. The first-order valence-corrected chi connectivity index (χ1v) is 8.83. The second-order valence-corrected chi connectivity index (χ2v) is 6.84. The van der Waals surface area contributed by atoms with Gasteiger partial charge in [-0.05, 0) is 24.5 Å². The summed E-state index contributed by atoms with van der Waals surface area (Å²) in [5, 5.41) is 0. The molecule has 0 unspecified atom stereocenters. The molecular formula is C15H11F2NO2S2. The zero-order valence-electron chi connectivity index (χ0n) is 11.7. The number of ether oxygens (including phenoxy) is 1. The van der Waals surface area contributed by atoms with Crippen molar-refractivity contribution in [3.63, 3.8) is 0 Å². The van der Waals surface area contributed by atoms with Crippen molar-refractivity contribution in [2.45, 2.75) is 4.90 Å². The zero-order valence-corrected chi connectivity index (χ0v) is 13.4. The van der Waals surface area contributed by atoms with E-state index >= 15 is 0 Å². The molecule has 0 aliphatic heterocycles. The van der Waals surface area contributed by atoms with E-state index in [-0.39, 0.29) is 17.0 Å². The van der Waals surface area contributed by atoms with Crippen molar-refractivity contribution in [3.05, 3.63) is 42.0 Å². The predicted molar refractivity (Wildman–Crippen MR) is 85.3 cm³/mol. The van der Waals surface area contributed by atoms with E-state index in [4.69, 9.17) is 9.15 Å². The van der Waals surface area contributed by atoms with E-state index in [1.54, 1.807) is 27.7 Å². The molecule has 2 aromatic carbocycles. The molecule has 0 radical (unpaired) electrons. The Labute approximate surface area is 133 Å². The molecule has 7 heteroatoms. The monoisotopic (exact) mass is 339 g/mol. The normalized spacial score (nSPS) is 11.1. The second kappa shape index (κ2) is 6.18. The Morgan fingerprint density at radius 1 is 1.18 bits per heavy atom. The highest BCUT2D eigenvalue weighted by atomic mass is 33.1. The number of methoxy groups -OCH3 is 1. The van der Waals surface area contributed by atoms with Gasteiger partial charge in [-0.25, -0.2) is 13.8 Å². The highest BCUT2D eigenvalue weighted by Crippen LogP contribution is 2.38. The van der Waals surface area contributed by atoms with E-state index < -0.39 is 11.6 Å². The lowest BCUT2D eigenvalue weighted by Gasteiger charge is -2.07. The Hall–Kier alpha value is -1.73. The highest BCUT2D eigenvalue weighted by Gasteiger charge is 2.17. The fraction of sp³-hybridized carbons (Fsp3) is 0.133. The predicted octanol–water partition coefficient (Wildman–Crippen LogP) is 5.15. The Bertz CT molecular complexity index is 836. The fourth-order valence-electron chi connectivity index (χ4n) is 2.07. The first-order valence-electron chi connectivity index (χ1n) is 6.27. The van der Waals surface area contributed by atoms with E-state index in [0.717, 1.165) is 17.0 Å². The average Bonchev–Trinajstić information content (AvgIpc) is 2.91. The molecule has 0 saturated heterocycles. The van der Waals surface area contributed by atoms with Crippen LogP contribution in [0.5, 0.6) is 5.75 Å². The first kappa shape index (κ1) is 15.2. The number of fused-ring (bicyclic) bond motifs is 1. The minimum Gasteiger partial charge on any atom is -0.496 e. The van der Waals surface area contributed by atoms with Crippen molar-refractivity contribution < 1.29 is 17.9 Å². The van der Waals surface area contributed by atoms with E-state index in [2.05, 4.69) is 4.98 Å². The Balaban J connectivity index is 2.17. The van der Waals surface area contributed by atoms with Gasteiger partial charge in [0, 0.05) is 17.0 Å². The number of benzene rings is 2. The summed E-state index contributed by atoms with van der Waals surface area (Å²) < 4.78 is 37.8. The molecule has 0 aliphatic carbocycles. The van der Waals surface area contributed by atoms with Gasteiger partial charge >= 0.3 is 0 Å². The molecule has 0 bridgehead atoms. The van der Waals surface area contributed by atoms with Crippen molar-refractivity contribution in [2.24, 2.45) is 0 Å². The third-order valence-electron chi connectivity index (χ3n) is 2.99. The third-order valence-corrected chi connectivity index (χ3v) is 4.68. The summed E-state index contributed by atoms with van der Waals surface area (Å²) in [5.74, 6) is -0.706. The molecule has 114 valence electrons. The van der Waals surface area contributed by atoms with Gasteiger partial charge in [0.05, 0.1) is 12.7 Å². The molecule has 0 amide bonds. The smallest absolute Gasteiger partial charge is 0.231 e. The Kier molecular flexibility index (Phi) is 4.26. The molecule has 3 rings (SSSR count). The quantitative estimate of drug-likeness (QED) is 0.614. The summed E-state index contributed by atoms with van der Waals surface area (Å²) in [5.41, 5.74) is 0.663. The maximum absolute atomic E-state index is 13.8. The van der Waals surface area contributed by atoms with Crippen LogP contribution in [0.15, 0.2) is 39.6 Å². The van der Waals surface area contributed by atoms with Gasteiger partial charge in [-0.3, -0.25) is 0 Å². The van der Waals surface area contributed by atoms with E-state index in [1.165, 1.54) is 7.11 Å². The van der Waals surface area contributed by atoms with Crippen molar-refractivity contribution in [1.82, 2.24) is 4.98 Å². The lowest BCUT2D eigenvalue weighted by molar-refractivity contribution is 0.414. The molecular weight excluding hydrogens is 328 g/mol. The van der Waals surface area contributed by atoms with E-state index in [9.17, 15) is 8.78 Å². The third kappa shape index (κ3) is 2.78. The van der Waals surface area contributed by atoms with E-state index in [0.29, 0.717) is 11.3 Å². The van der Waals surface area contributed by atoms with Crippen LogP contribution in [0, 0.1) is 11.6 Å². The average molecular weight is 339 g/mol. The summed E-state index contributed by atoms with van der Waals surface area (Å²) in [7, 11) is 4.70. The molecule has 0 aliphatic rings. The van der Waals surface area contributed by atoms with Gasteiger partial charge in [-0.1, -0.05) is 21.6 Å². The molecule has 3 nitrogen and oxygen atoms in total. The van der Waals surface area contributed by atoms with E-state index in [1.807, 2.05) is 18.4 Å². The molecule has 1 heterocycles. The SMILES string of the molecule is COc1ccc(SSC)cc1-c1nc2c(F)cc(F)cc2o1. The number of rotatable bonds is 4. The molecule has 0 N–H and O–H groups in total. The maximum atomic E-state index is 13.8. The lowest BCUT2D eigenvalue weighted by Crippen LogP contribution is -1.88. The van der Waals surface area contributed by atoms with Crippen LogP contribution in [0.25, 0.3) is 22.6 Å². The van der Waals surface area contributed by atoms with Crippen LogP contribution >= 0.6 is 21.6 Å². The number of hydrogen-bond acceptors (Lipinski definition) is 5. The van der Waals surface area contributed by atoms with Crippen molar-refractivity contribution in [3.8, 4) is 17.2 Å². The minimum absolute atomic E-state index is 0.00127. The topological polar surface area (TPSA) is 35.3 Å². The van der Waals surface area contributed by atoms with Crippen molar-refractivity contribution >= 4 is 32.7 Å². The van der Waals surface area contributed by atoms with Crippen LogP contribution in [0.1, 0.15) is 0 Å². The fourth-order valence-corrected chi connectivity index (χ4v) is 3.45. The molecule has 0 atom stereocenters. The maximum Gasteiger partial charge on any atom is 0.231 e. The number of hydrogen-bond donors (Lipinski definition) is 0. The van der Waals surface area contributed by atoms with Gasteiger partial charge in [0.2, 0.25) is 5.89 Å². The molecule has 22 heavy (non-hydrogen) atoms. The summed E-state index contributed by atoms with van der Waals surface area (Å²) in [4.78, 5) is 5.11. The number of oxazole rings is 1. The van der Waals surface area contributed by atoms with Gasteiger partial charge in [-0.15, -0.1) is 0 Å². The van der Waals surface area contributed by atoms with Gasteiger partial charge < -0.3 is 9.15 Å². The molecule has 1 aromatic heterocycles. The number of aromatic nitrogens is 1. The summed E-state index contributed by atoms with van der Waals surface area (Å²) in [6, 6.07) is 7.44. The van der Waals surface area contributed by atoms with Crippen LogP contribution in [0.2, 0.25) is 0 Å². The molecule has 3 aromatic rings. The van der Waals surface area contributed by atoms with Crippen LogP contribution < -0.4 is 4.74 Å². The van der Waals surface area contributed by atoms with Gasteiger partial charge in [-0.2, -0.15) is 0 Å². The first-order chi connectivity index (χ1) is 10.6. The van der Waals surface area contributed by atoms with Gasteiger partial charge in [0.25, 0.3) is 0 Å². The minimum atomic E-state index is -0.751. The molecule has 0 spiro atoms. The molecule has 0 saturated carbocycles. The zero-order chi connectivity index (χ0) is 15.7.